The van der Waals surface area contributed by atoms with E-state index in [1.54, 1.807) is 24.3 Å². The normalized spacial score (nSPS) is 11.3. The molecule has 0 aliphatic heterocycles. The Balaban J connectivity index is 2.44. The summed E-state index contributed by atoms with van der Waals surface area (Å²) in [4.78, 5) is 0. The highest BCUT2D eigenvalue weighted by Gasteiger charge is 2.11. The molecule has 0 bridgehead atoms. The predicted octanol–water partition coefficient (Wildman–Crippen LogP) is 1.18. The van der Waals surface area contributed by atoms with Crippen molar-refractivity contribution in [1.82, 2.24) is 0 Å². The highest BCUT2D eigenvalue weighted by molar-refractivity contribution is 6.58. The molecule has 4 heteroatoms. The van der Waals surface area contributed by atoms with E-state index in [1.165, 1.54) is 0 Å². The van der Waals surface area contributed by atoms with Gasteiger partial charge in [-0.2, -0.15) is 0 Å². The van der Waals surface area contributed by atoms with Crippen molar-refractivity contribution >= 4 is 12.6 Å². The van der Waals surface area contributed by atoms with E-state index in [1.807, 2.05) is 0 Å². The third kappa shape index (κ3) is 4.68. The molecule has 1 aromatic rings. The molecule has 0 saturated heterocycles. The Morgan fingerprint density at radius 3 is 2.12 bits per heavy atom. The van der Waals surface area contributed by atoms with Crippen LogP contribution in [0.15, 0.2) is 24.3 Å². The molecule has 0 atom stereocenters. The van der Waals surface area contributed by atoms with Crippen LogP contribution in [0.4, 0.5) is 0 Å². The van der Waals surface area contributed by atoms with Crippen molar-refractivity contribution in [3.63, 3.8) is 0 Å². The molecule has 2 N–H and O–H groups in total. The lowest BCUT2D eigenvalue weighted by Crippen LogP contribution is -2.29. The van der Waals surface area contributed by atoms with Gasteiger partial charge in [-0.15, -0.1) is 0 Å². The van der Waals surface area contributed by atoms with Crippen molar-refractivity contribution in [3.8, 4) is 5.75 Å². The standard InChI is InChI=1S/C12H19BO3/c1-12(2,3)8-9-16-11-6-4-10(5-7-11)13(14)15/h4-7,14-15H,8-9H2,1-3H3. The highest BCUT2D eigenvalue weighted by Crippen LogP contribution is 2.19. The molecule has 16 heavy (non-hydrogen) atoms. The fourth-order valence-corrected chi connectivity index (χ4v) is 1.21. The van der Waals surface area contributed by atoms with Gasteiger partial charge in [0, 0.05) is 0 Å². The minimum absolute atomic E-state index is 0.265. The summed E-state index contributed by atoms with van der Waals surface area (Å²) in [5.41, 5.74) is 0.740. The first kappa shape index (κ1) is 13.1. The van der Waals surface area contributed by atoms with Gasteiger partial charge in [0.05, 0.1) is 6.61 Å². The van der Waals surface area contributed by atoms with E-state index in [2.05, 4.69) is 20.8 Å². The van der Waals surface area contributed by atoms with Crippen LogP contribution in [0.2, 0.25) is 0 Å². The van der Waals surface area contributed by atoms with Gasteiger partial charge in [0.15, 0.2) is 0 Å². The van der Waals surface area contributed by atoms with E-state index in [4.69, 9.17) is 14.8 Å². The zero-order chi connectivity index (χ0) is 12.2. The van der Waals surface area contributed by atoms with Gasteiger partial charge in [-0.05, 0) is 29.4 Å². The minimum atomic E-state index is -1.41. The molecule has 0 aliphatic carbocycles. The Bertz CT molecular complexity index is 314. The lowest BCUT2D eigenvalue weighted by Gasteiger charge is -2.18. The molecule has 0 saturated carbocycles. The van der Waals surface area contributed by atoms with E-state index in [-0.39, 0.29) is 5.41 Å². The Kier molecular flexibility index (Phi) is 4.39. The summed E-state index contributed by atoms with van der Waals surface area (Å²) < 4.78 is 5.55. The van der Waals surface area contributed by atoms with Crippen LogP contribution < -0.4 is 10.2 Å². The molecule has 0 aliphatic rings. The second-order valence-electron chi connectivity index (χ2n) is 5.10. The summed E-state index contributed by atoms with van der Waals surface area (Å²) >= 11 is 0. The lowest BCUT2D eigenvalue weighted by atomic mass is 9.80. The molecule has 3 nitrogen and oxygen atoms in total. The van der Waals surface area contributed by atoms with Crippen LogP contribution in [0, 0.1) is 5.41 Å². The number of ether oxygens (including phenoxy) is 1. The molecule has 0 amide bonds. The molecule has 0 heterocycles. The van der Waals surface area contributed by atoms with Crippen molar-refractivity contribution in [2.24, 2.45) is 5.41 Å². The summed E-state index contributed by atoms with van der Waals surface area (Å²) in [6.07, 6.45) is 0.984. The Morgan fingerprint density at radius 1 is 1.12 bits per heavy atom. The SMILES string of the molecule is CC(C)(C)CCOc1ccc(B(O)O)cc1. The fraction of sp³-hybridized carbons (Fsp3) is 0.500. The van der Waals surface area contributed by atoms with Crippen molar-refractivity contribution < 1.29 is 14.8 Å². The van der Waals surface area contributed by atoms with Gasteiger partial charge < -0.3 is 14.8 Å². The molecular formula is C12H19BO3. The summed E-state index contributed by atoms with van der Waals surface area (Å²) in [7, 11) is -1.41. The third-order valence-electron chi connectivity index (χ3n) is 2.30. The Morgan fingerprint density at radius 2 is 1.69 bits per heavy atom. The second kappa shape index (κ2) is 5.37. The first-order chi connectivity index (χ1) is 7.38. The zero-order valence-corrected chi connectivity index (χ0v) is 10.1. The first-order valence-electron chi connectivity index (χ1n) is 5.47. The van der Waals surface area contributed by atoms with Crippen LogP contribution in [0.5, 0.6) is 5.75 Å². The van der Waals surface area contributed by atoms with E-state index in [0.29, 0.717) is 12.1 Å². The summed E-state index contributed by atoms with van der Waals surface area (Å²) in [5, 5.41) is 17.8. The van der Waals surface area contributed by atoms with Crippen LogP contribution in [-0.4, -0.2) is 23.8 Å². The molecule has 88 valence electrons. The summed E-state index contributed by atoms with van der Waals surface area (Å²) in [6, 6.07) is 6.79. The van der Waals surface area contributed by atoms with E-state index in [0.717, 1.165) is 12.2 Å². The minimum Gasteiger partial charge on any atom is -0.494 e. The topological polar surface area (TPSA) is 49.7 Å². The van der Waals surface area contributed by atoms with Gasteiger partial charge in [0.25, 0.3) is 0 Å². The van der Waals surface area contributed by atoms with Gasteiger partial charge in [0.1, 0.15) is 5.75 Å². The third-order valence-corrected chi connectivity index (χ3v) is 2.30. The molecule has 0 aromatic heterocycles. The lowest BCUT2D eigenvalue weighted by molar-refractivity contribution is 0.243. The number of benzene rings is 1. The van der Waals surface area contributed by atoms with Crippen molar-refractivity contribution in [1.29, 1.82) is 0 Å². The number of rotatable bonds is 4. The Labute approximate surface area is 97.2 Å². The second-order valence-corrected chi connectivity index (χ2v) is 5.10. The van der Waals surface area contributed by atoms with Crippen LogP contribution >= 0.6 is 0 Å². The van der Waals surface area contributed by atoms with Gasteiger partial charge in [0.2, 0.25) is 0 Å². The first-order valence-corrected chi connectivity index (χ1v) is 5.47. The maximum Gasteiger partial charge on any atom is 0.488 e. The number of hydrogen-bond donors (Lipinski definition) is 2. The van der Waals surface area contributed by atoms with Gasteiger partial charge in [-0.1, -0.05) is 32.9 Å². The van der Waals surface area contributed by atoms with Gasteiger partial charge in [-0.3, -0.25) is 0 Å². The number of hydrogen-bond acceptors (Lipinski definition) is 3. The van der Waals surface area contributed by atoms with E-state index >= 15 is 0 Å². The molecular weight excluding hydrogens is 203 g/mol. The van der Waals surface area contributed by atoms with Crippen molar-refractivity contribution in [3.05, 3.63) is 24.3 Å². The average Bonchev–Trinajstić information content (AvgIpc) is 2.16. The quantitative estimate of drug-likeness (QED) is 0.752. The maximum absolute atomic E-state index is 8.91. The molecule has 0 fully saturated rings. The largest absolute Gasteiger partial charge is 0.494 e. The predicted molar refractivity (Wildman–Crippen MR) is 65.8 cm³/mol. The van der Waals surface area contributed by atoms with E-state index < -0.39 is 7.12 Å². The smallest absolute Gasteiger partial charge is 0.488 e. The molecule has 1 aromatic carbocycles. The van der Waals surface area contributed by atoms with Crippen LogP contribution in [-0.2, 0) is 0 Å². The van der Waals surface area contributed by atoms with Crippen molar-refractivity contribution in [2.45, 2.75) is 27.2 Å². The summed E-state index contributed by atoms with van der Waals surface area (Å²) in [6.45, 7) is 7.18. The van der Waals surface area contributed by atoms with Gasteiger partial charge in [-0.25, -0.2) is 0 Å². The van der Waals surface area contributed by atoms with E-state index in [9.17, 15) is 0 Å². The van der Waals surface area contributed by atoms with Crippen LogP contribution in [0.3, 0.4) is 0 Å². The van der Waals surface area contributed by atoms with Crippen LogP contribution in [0.1, 0.15) is 27.2 Å². The zero-order valence-electron chi connectivity index (χ0n) is 10.1. The monoisotopic (exact) mass is 222 g/mol. The summed E-state index contributed by atoms with van der Waals surface area (Å²) in [5.74, 6) is 0.758. The fourth-order valence-electron chi connectivity index (χ4n) is 1.21. The molecule has 0 radical (unpaired) electrons. The average molecular weight is 222 g/mol. The highest BCUT2D eigenvalue weighted by atomic mass is 16.5. The van der Waals surface area contributed by atoms with Crippen LogP contribution in [0.25, 0.3) is 0 Å². The van der Waals surface area contributed by atoms with Gasteiger partial charge >= 0.3 is 7.12 Å². The van der Waals surface area contributed by atoms with Crippen molar-refractivity contribution in [2.75, 3.05) is 6.61 Å². The maximum atomic E-state index is 8.91. The Hall–Kier alpha value is -0.995. The molecule has 1 rings (SSSR count). The molecule has 0 spiro atoms. The molecule has 0 unspecified atom stereocenters.